The van der Waals surface area contributed by atoms with E-state index in [9.17, 15) is 8.78 Å². The van der Waals surface area contributed by atoms with Crippen molar-refractivity contribution in [3.63, 3.8) is 0 Å². The van der Waals surface area contributed by atoms with Crippen molar-refractivity contribution in [2.24, 2.45) is 0 Å². The second-order valence-electron chi connectivity index (χ2n) is 6.75. The van der Waals surface area contributed by atoms with Gasteiger partial charge in [0.2, 0.25) is 0 Å². The van der Waals surface area contributed by atoms with Crippen LogP contribution in [0, 0.1) is 11.6 Å². The Balaban J connectivity index is 1.41. The summed E-state index contributed by atoms with van der Waals surface area (Å²) >= 11 is 8.86. The third kappa shape index (κ3) is 5.19. The highest BCUT2D eigenvalue weighted by Crippen LogP contribution is 2.32. The predicted octanol–water partition coefficient (Wildman–Crippen LogP) is 6.01. The zero-order valence-corrected chi connectivity index (χ0v) is 17.8. The maximum atomic E-state index is 14.5. The van der Waals surface area contributed by atoms with Crippen LogP contribution in [0.4, 0.5) is 20.3 Å². The predicted molar refractivity (Wildman–Crippen MR) is 117 cm³/mol. The van der Waals surface area contributed by atoms with Crippen molar-refractivity contribution in [2.45, 2.75) is 24.4 Å². The Bertz CT molecular complexity index is 981. The van der Waals surface area contributed by atoms with Crippen LogP contribution in [0.5, 0.6) is 0 Å². The van der Waals surface area contributed by atoms with Crippen molar-refractivity contribution in [3.05, 3.63) is 69.0 Å². The van der Waals surface area contributed by atoms with Crippen molar-refractivity contribution < 1.29 is 8.78 Å². The Morgan fingerprint density at radius 3 is 2.76 bits per heavy atom. The lowest BCUT2D eigenvalue weighted by Gasteiger charge is -2.30. The van der Waals surface area contributed by atoms with Crippen LogP contribution in [0.2, 0.25) is 5.02 Å². The zero-order valence-electron chi connectivity index (χ0n) is 15.4. The van der Waals surface area contributed by atoms with Crippen LogP contribution in [-0.4, -0.2) is 23.0 Å². The van der Waals surface area contributed by atoms with Crippen LogP contribution in [0.25, 0.3) is 0 Å². The number of benzene rings is 2. The summed E-state index contributed by atoms with van der Waals surface area (Å²) in [6.45, 7) is 3.21. The molecule has 0 unspecified atom stereocenters. The van der Waals surface area contributed by atoms with Gasteiger partial charge in [-0.2, -0.15) is 0 Å². The molecular weight excluding hydrogens is 434 g/mol. The smallest absolute Gasteiger partial charge is 0.147 e. The fourth-order valence-corrected chi connectivity index (χ4v) is 4.48. The normalized spacial score (nSPS) is 13.9. The highest BCUT2D eigenvalue weighted by molar-refractivity contribution is 8.00. The second kappa shape index (κ2) is 9.30. The molecule has 3 aromatic rings. The Hall–Kier alpha value is -1.87. The first-order chi connectivity index (χ1) is 14.1. The SMILES string of the molecule is Fc1ccc(CN2CCC2)cc1CNc1cc(F)c(SNc2cscn2)cc1Cl. The van der Waals surface area contributed by atoms with Gasteiger partial charge in [-0.3, -0.25) is 4.90 Å². The van der Waals surface area contributed by atoms with Gasteiger partial charge in [0.1, 0.15) is 17.5 Å². The minimum Gasteiger partial charge on any atom is -0.380 e. The average molecular weight is 453 g/mol. The van der Waals surface area contributed by atoms with Crippen molar-refractivity contribution in [1.82, 2.24) is 9.88 Å². The Morgan fingerprint density at radius 1 is 1.17 bits per heavy atom. The van der Waals surface area contributed by atoms with E-state index in [0.29, 0.717) is 27.0 Å². The fourth-order valence-electron chi connectivity index (χ4n) is 2.96. The molecule has 0 aliphatic carbocycles. The number of anilines is 2. The lowest BCUT2D eigenvalue weighted by molar-refractivity contribution is 0.172. The van der Waals surface area contributed by atoms with Gasteiger partial charge in [-0.25, -0.2) is 13.8 Å². The molecule has 1 saturated heterocycles. The Morgan fingerprint density at radius 2 is 2.03 bits per heavy atom. The third-order valence-corrected chi connectivity index (χ3v) is 6.40. The molecule has 0 amide bonds. The molecule has 0 saturated carbocycles. The number of likely N-dealkylation sites (tertiary alicyclic amines) is 1. The van der Waals surface area contributed by atoms with E-state index in [1.165, 1.54) is 29.9 Å². The summed E-state index contributed by atoms with van der Waals surface area (Å²) in [6, 6.07) is 8.02. The average Bonchev–Trinajstić information content (AvgIpc) is 3.19. The van der Waals surface area contributed by atoms with Crippen LogP contribution in [0.1, 0.15) is 17.5 Å². The maximum Gasteiger partial charge on any atom is 0.147 e. The highest BCUT2D eigenvalue weighted by atomic mass is 35.5. The Kier molecular flexibility index (Phi) is 6.54. The van der Waals surface area contributed by atoms with Gasteiger partial charge in [0.05, 0.1) is 21.1 Å². The summed E-state index contributed by atoms with van der Waals surface area (Å²) in [5, 5.41) is 5.24. The largest absolute Gasteiger partial charge is 0.380 e. The summed E-state index contributed by atoms with van der Waals surface area (Å²) in [5.74, 6) is -0.0518. The minimum absolute atomic E-state index is 0.225. The van der Waals surface area contributed by atoms with Gasteiger partial charge in [-0.15, -0.1) is 11.3 Å². The van der Waals surface area contributed by atoms with Gasteiger partial charge in [-0.1, -0.05) is 17.7 Å². The number of nitrogens with one attached hydrogen (secondary N) is 2. The summed E-state index contributed by atoms with van der Waals surface area (Å²) in [4.78, 5) is 6.76. The van der Waals surface area contributed by atoms with E-state index < -0.39 is 5.82 Å². The lowest BCUT2D eigenvalue weighted by atomic mass is 10.1. The highest BCUT2D eigenvalue weighted by Gasteiger charge is 2.15. The first-order valence-corrected chi connectivity index (χ1v) is 11.3. The quantitative estimate of drug-likeness (QED) is 0.409. The molecule has 0 radical (unpaired) electrons. The fraction of sp³-hybridized carbons (Fsp3) is 0.250. The molecule has 1 aliphatic rings. The van der Waals surface area contributed by atoms with Gasteiger partial charge in [-0.05, 0) is 61.3 Å². The van der Waals surface area contributed by atoms with Crippen LogP contribution in [-0.2, 0) is 13.1 Å². The van der Waals surface area contributed by atoms with Gasteiger partial charge >= 0.3 is 0 Å². The van der Waals surface area contributed by atoms with E-state index in [2.05, 4.69) is 19.9 Å². The first-order valence-electron chi connectivity index (χ1n) is 9.12. The number of halogens is 3. The van der Waals surface area contributed by atoms with E-state index in [4.69, 9.17) is 11.6 Å². The molecule has 152 valence electrons. The lowest BCUT2D eigenvalue weighted by Crippen LogP contribution is -2.36. The zero-order chi connectivity index (χ0) is 20.2. The Labute approximate surface area is 181 Å². The second-order valence-corrected chi connectivity index (χ2v) is 8.72. The van der Waals surface area contributed by atoms with E-state index in [0.717, 1.165) is 37.1 Å². The van der Waals surface area contributed by atoms with Crippen molar-refractivity contribution in [2.75, 3.05) is 23.1 Å². The molecule has 4 rings (SSSR count). The van der Waals surface area contributed by atoms with Crippen LogP contribution < -0.4 is 10.0 Å². The van der Waals surface area contributed by atoms with Gasteiger partial charge < -0.3 is 10.0 Å². The van der Waals surface area contributed by atoms with E-state index in [-0.39, 0.29) is 12.4 Å². The summed E-state index contributed by atoms with van der Waals surface area (Å²) in [6.07, 6.45) is 1.22. The molecule has 1 aromatic heterocycles. The molecular formula is C20H19ClF2N4S2. The molecule has 0 atom stereocenters. The number of hydrogen-bond acceptors (Lipinski definition) is 6. The van der Waals surface area contributed by atoms with Gasteiger partial charge in [0, 0.05) is 24.0 Å². The summed E-state index contributed by atoms with van der Waals surface area (Å²) in [5.41, 5.74) is 3.72. The van der Waals surface area contributed by atoms with E-state index in [1.54, 1.807) is 11.6 Å². The monoisotopic (exact) mass is 452 g/mol. The molecule has 2 heterocycles. The third-order valence-electron chi connectivity index (χ3n) is 4.65. The van der Waals surface area contributed by atoms with E-state index >= 15 is 0 Å². The first kappa shape index (κ1) is 20.4. The molecule has 9 heteroatoms. The molecule has 1 fully saturated rings. The number of aromatic nitrogens is 1. The minimum atomic E-state index is -0.420. The van der Waals surface area contributed by atoms with Crippen LogP contribution in [0.15, 0.2) is 46.1 Å². The van der Waals surface area contributed by atoms with Gasteiger partial charge in [0.15, 0.2) is 0 Å². The summed E-state index contributed by atoms with van der Waals surface area (Å²) in [7, 11) is 0. The van der Waals surface area contributed by atoms with Crippen molar-refractivity contribution >= 4 is 46.4 Å². The molecule has 2 aromatic carbocycles. The van der Waals surface area contributed by atoms with Crippen molar-refractivity contribution in [3.8, 4) is 0 Å². The molecule has 2 N–H and O–H groups in total. The van der Waals surface area contributed by atoms with Crippen molar-refractivity contribution in [1.29, 1.82) is 0 Å². The van der Waals surface area contributed by atoms with Gasteiger partial charge in [0.25, 0.3) is 0 Å². The molecule has 4 nitrogen and oxygen atoms in total. The number of hydrogen-bond donors (Lipinski definition) is 2. The standard InChI is InChI=1S/C20H19ClF2N4S2/c21-15-7-19(29-26-20-11-28-12-25-20)17(23)8-18(15)24-9-14-6-13(2-3-16(14)22)10-27-4-1-5-27/h2-3,6-8,11-12,24,26H,1,4-5,9-10H2. The molecule has 1 aliphatic heterocycles. The topological polar surface area (TPSA) is 40.2 Å². The number of rotatable bonds is 8. The van der Waals surface area contributed by atoms with E-state index in [1.807, 2.05) is 17.5 Å². The number of nitrogens with zero attached hydrogens (tertiary/aromatic N) is 2. The molecule has 29 heavy (non-hydrogen) atoms. The molecule has 0 bridgehead atoms. The number of thiazole rings is 1. The molecule has 0 spiro atoms. The van der Waals surface area contributed by atoms with Crippen LogP contribution >= 0.6 is 34.9 Å². The summed E-state index contributed by atoms with van der Waals surface area (Å²) < 4.78 is 31.6. The maximum absolute atomic E-state index is 14.5. The van der Waals surface area contributed by atoms with Crippen LogP contribution in [0.3, 0.4) is 0 Å².